The van der Waals surface area contributed by atoms with Gasteiger partial charge in [-0.1, -0.05) is 274 Å². The van der Waals surface area contributed by atoms with Gasteiger partial charge in [0.05, 0.1) is 66.2 Å². The largest absolute Gasteiger partial charge is 0.331 e. The lowest BCUT2D eigenvalue weighted by atomic mass is 9.99. The van der Waals surface area contributed by atoms with Gasteiger partial charge in [0.1, 0.15) is 17.5 Å². The zero-order valence-electron chi connectivity index (χ0n) is 68.6. The minimum Gasteiger partial charge on any atom is -0.331 e. The topological polar surface area (TPSA) is 105 Å². The summed E-state index contributed by atoms with van der Waals surface area (Å²) < 4.78 is 6.28. The van der Waals surface area contributed by atoms with Crippen LogP contribution in [0, 0.1) is 48.5 Å². The van der Waals surface area contributed by atoms with Gasteiger partial charge < -0.3 is 13.7 Å². The summed E-state index contributed by atoms with van der Waals surface area (Å²) in [7, 11) is 6.10. The second kappa shape index (κ2) is 54.2. The Labute approximate surface area is 611 Å². The molecular weight excluding hydrogens is 1230 g/mol. The molecule has 10 heteroatoms. The van der Waals surface area contributed by atoms with Gasteiger partial charge in [-0.05, 0) is 144 Å². The van der Waals surface area contributed by atoms with Gasteiger partial charge in [0.2, 0.25) is 0 Å². The van der Waals surface area contributed by atoms with E-state index >= 15 is 0 Å². The summed E-state index contributed by atoms with van der Waals surface area (Å²) >= 11 is 0. The molecule has 15 rings (SSSR count). The fourth-order valence-electron chi connectivity index (χ4n) is 10.1. The molecule has 0 saturated heterocycles. The van der Waals surface area contributed by atoms with Gasteiger partial charge in [-0.15, -0.1) is 0 Å². The van der Waals surface area contributed by atoms with Crippen LogP contribution in [0.4, 0.5) is 0 Å². The van der Waals surface area contributed by atoms with Crippen molar-refractivity contribution < 1.29 is 0 Å². The van der Waals surface area contributed by atoms with Gasteiger partial charge in [0.25, 0.3) is 0 Å². The Morgan fingerprint density at radius 1 is 0.198 bits per heavy atom. The van der Waals surface area contributed by atoms with Crippen molar-refractivity contribution in [2.45, 2.75) is 201 Å². The summed E-state index contributed by atoms with van der Waals surface area (Å²) in [5.41, 5.74) is 18.4. The van der Waals surface area contributed by atoms with Crippen LogP contribution in [0.25, 0.3) is 98.5 Å². The SMILES string of the molecule is CC.CC.CC.CC.CC.CC.CC.CC.CC.CC.CC.Cc1c(C)c2cccnc2c2ncccc12.Cc1c2ccccc2nc2ccccc12.Cc1c2ccccc2nc2ccccc12.Cc1nc2ccccc2n1C.Cc1nc2ccccc2n1C.Cc1nc2ccccc2n1C. The number of aromatic nitrogens is 10. The first kappa shape index (κ1) is 93.4. The van der Waals surface area contributed by atoms with Crippen molar-refractivity contribution in [3.63, 3.8) is 0 Å². The summed E-state index contributed by atoms with van der Waals surface area (Å²) in [5, 5.41) is 7.39. The Kier molecular flexibility index (Phi) is 50.1. The Hall–Kier alpha value is -9.67. The second-order valence-electron chi connectivity index (χ2n) is 19.7. The molecule has 0 unspecified atom stereocenters. The number of fused-ring (bicyclic) bond motifs is 10. The normalized spacial score (nSPS) is 9.19. The van der Waals surface area contributed by atoms with Crippen LogP contribution in [0.2, 0.25) is 0 Å². The predicted octanol–water partition coefficient (Wildman–Crippen LogP) is 27.7. The van der Waals surface area contributed by atoms with Crippen LogP contribution in [-0.2, 0) is 21.1 Å². The molecule has 15 aromatic rings. The molecule has 0 aliphatic rings. The van der Waals surface area contributed by atoms with E-state index in [0.717, 1.165) is 67.1 Å². The van der Waals surface area contributed by atoms with E-state index in [0.29, 0.717) is 0 Å². The van der Waals surface area contributed by atoms with E-state index in [4.69, 9.17) is 0 Å². The minimum absolute atomic E-state index is 1.00. The average molecular weight is 1360 g/mol. The molecule has 101 heavy (non-hydrogen) atoms. The predicted molar refractivity (Wildman–Crippen MR) is 456 cm³/mol. The molecule has 0 saturated carbocycles. The van der Waals surface area contributed by atoms with E-state index in [1.165, 1.54) is 71.1 Å². The molecule has 0 aliphatic carbocycles. The standard InChI is InChI=1S/C14H12N2.2C14H11N.3C9H10N2.11C2H6/c1-9-10(2)12-6-4-8-16-14(12)13-11(9)5-3-7-15-13;2*1-10-11-6-2-4-8-13(11)15-14-9-5-3-7-12(10)14;3*1-7-10-8-5-3-4-6-9(8)11(7)2;11*1-2/h3-8H,1-2H3;2*2-9H,1H3;3*3-6H,1-2H3;11*1-2H3. The van der Waals surface area contributed by atoms with Crippen LogP contribution >= 0.6 is 0 Å². The van der Waals surface area contributed by atoms with Gasteiger partial charge in [0, 0.05) is 65.9 Å². The molecule has 7 heterocycles. The molecule has 0 N–H and O–H groups in total. The minimum atomic E-state index is 1.00. The third-order valence-corrected chi connectivity index (χ3v) is 15.0. The second-order valence-corrected chi connectivity index (χ2v) is 19.7. The van der Waals surface area contributed by atoms with Gasteiger partial charge in [-0.3, -0.25) is 9.97 Å². The van der Waals surface area contributed by atoms with Gasteiger partial charge >= 0.3 is 0 Å². The first-order chi connectivity index (χ1) is 49.4. The van der Waals surface area contributed by atoms with Gasteiger partial charge in [0.15, 0.2) is 0 Å². The zero-order valence-corrected chi connectivity index (χ0v) is 68.6. The molecule has 0 fully saturated rings. The third kappa shape index (κ3) is 25.8. The maximum atomic E-state index is 4.64. The first-order valence-corrected chi connectivity index (χ1v) is 37.6. The number of rotatable bonds is 0. The first-order valence-electron chi connectivity index (χ1n) is 37.6. The highest BCUT2D eigenvalue weighted by Gasteiger charge is 2.10. The number of imidazole rings is 3. The van der Waals surface area contributed by atoms with Crippen molar-refractivity contribution in [3.8, 4) is 0 Å². The lowest BCUT2D eigenvalue weighted by Crippen LogP contribution is -1.91. The Morgan fingerprint density at radius 3 is 0.604 bits per heavy atom. The molecule has 0 amide bonds. The zero-order chi connectivity index (χ0) is 77.2. The molecule has 544 valence electrons. The van der Waals surface area contributed by atoms with Crippen molar-refractivity contribution in [3.05, 3.63) is 246 Å². The summed E-state index contributed by atoms with van der Waals surface area (Å²) in [6.45, 7) is 58.6. The maximum Gasteiger partial charge on any atom is 0.106 e. The molecular formula is C91H130N10. The quantitative estimate of drug-likeness (QED) is 0.110. The van der Waals surface area contributed by atoms with Crippen molar-refractivity contribution in [2.24, 2.45) is 21.1 Å². The number of benzene rings is 8. The van der Waals surface area contributed by atoms with Crippen LogP contribution in [0.3, 0.4) is 0 Å². The lowest BCUT2D eigenvalue weighted by molar-refractivity contribution is 0.886. The van der Waals surface area contributed by atoms with Crippen LogP contribution < -0.4 is 0 Å². The molecule has 0 spiro atoms. The van der Waals surface area contributed by atoms with Crippen molar-refractivity contribution in [2.75, 3.05) is 0 Å². The van der Waals surface area contributed by atoms with Crippen LogP contribution in [-0.4, -0.2) is 48.6 Å². The fourth-order valence-corrected chi connectivity index (χ4v) is 10.1. The van der Waals surface area contributed by atoms with E-state index in [9.17, 15) is 0 Å². The number of hydrogen-bond donors (Lipinski definition) is 0. The molecule has 0 atom stereocenters. The van der Waals surface area contributed by atoms with E-state index in [2.05, 4.69) is 179 Å². The van der Waals surface area contributed by atoms with E-state index in [1.807, 2.05) is 298 Å². The number of aryl methyl sites for hydroxylation is 10. The highest BCUT2D eigenvalue weighted by molar-refractivity contribution is 6.06. The van der Waals surface area contributed by atoms with Crippen molar-refractivity contribution >= 4 is 98.5 Å². The Morgan fingerprint density at radius 2 is 0.386 bits per heavy atom. The molecule has 8 aromatic carbocycles. The molecule has 0 aliphatic heterocycles. The highest BCUT2D eigenvalue weighted by atomic mass is 15.1. The summed E-state index contributed by atoms with van der Waals surface area (Å²) in [5.74, 6) is 3.18. The molecule has 10 nitrogen and oxygen atoms in total. The lowest BCUT2D eigenvalue weighted by Gasteiger charge is -2.09. The number of para-hydroxylation sites is 10. The Balaban J connectivity index is 0. The van der Waals surface area contributed by atoms with E-state index in [1.54, 1.807) is 0 Å². The van der Waals surface area contributed by atoms with Crippen molar-refractivity contribution in [1.82, 2.24) is 48.6 Å². The summed E-state index contributed by atoms with van der Waals surface area (Å²) in [4.78, 5) is 31.3. The van der Waals surface area contributed by atoms with Crippen LogP contribution in [0.1, 0.15) is 192 Å². The summed E-state index contributed by atoms with van der Waals surface area (Å²) in [6, 6.07) is 65.8. The van der Waals surface area contributed by atoms with Crippen molar-refractivity contribution in [1.29, 1.82) is 0 Å². The fraction of sp³-hybridized carbons (Fsp3) is 0.352. The van der Waals surface area contributed by atoms with Crippen LogP contribution in [0.15, 0.2) is 207 Å². The number of hydrogen-bond acceptors (Lipinski definition) is 7. The average Bonchev–Trinajstić information content (AvgIpc) is 1.81. The Bertz CT molecular complexity index is 4170. The highest BCUT2D eigenvalue weighted by Crippen LogP contribution is 2.30. The van der Waals surface area contributed by atoms with E-state index in [-0.39, 0.29) is 0 Å². The molecule has 7 aromatic heterocycles. The summed E-state index contributed by atoms with van der Waals surface area (Å²) in [6.07, 6.45) is 3.65. The smallest absolute Gasteiger partial charge is 0.106 e. The number of nitrogens with zero attached hydrogens (tertiary/aromatic N) is 10. The molecule has 0 radical (unpaired) electrons. The van der Waals surface area contributed by atoms with Gasteiger partial charge in [-0.25, -0.2) is 24.9 Å². The number of pyridine rings is 4. The maximum absolute atomic E-state index is 4.64. The van der Waals surface area contributed by atoms with Gasteiger partial charge in [-0.2, -0.15) is 0 Å². The third-order valence-electron chi connectivity index (χ3n) is 15.0. The van der Waals surface area contributed by atoms with Crippen LogP contribution in [0.5, 0.6) is 0 Å². The monoisotopic (exact) mass is 1360 g/mol. The van der Waals surface area contributed by atoms with E-state index < -0.39 is 0 Å². The molecule has 0 bridgehead atoms.